The molecule has 39 heavy (non-hydrogen) atoms. The van der Waals surface area contributed by atoms with Crippen LogP contribution in [0.3, 0.4) is 0 Å². The van der Waals surface area contributed by atoms with E-state index < -0.39 is 12.0 Å². The quantitative estimate of drug-likeness (QED) is 0.286. The number of phenols is 1. The number of benzene rings is 3. The van der Waals surface area contributed by atoms with Crippen molar-refractivity contribution in [2.75, 3.05) is 13.7 Å². The molecule has 0 aliphatic carbocycles. The van der Waals surface area contributed by atoms with E-state index in [9.17, 15) is 14.7 Å². The largest absolute Gasteiger partial charge is 0.506 e. The number of carbonyl (C=O) groups is 1. The fourth-order valence-corrected chi connectivity index (χ4v) is 6.63. The molecule has 0 radical (unpaired) electrons. The molecule has 1 N–H and O–H groups in total. The van der Waals surface area contributed by atoms with Crippen LogP contribution in [0.15, 0.2) is 91.0 Å². The monoisotopic (exact) mass is 668 g/mol. The number of esters is 1. The highest BCUT2D eigenvalue weighted by Gasteiger charge is 2.35. The number of aromatic hydroxyl groups is 1. The first-order valence-corrected chi connectivity index (χ1v) is 14.3. The van der Waals surface area contributed by atoms with Crippen LogP contribution in [-0.4, -0.2) is 29.4 Å². The SMILES string of the molecule is CCOC(=O)C1=C(c2ccccc2)N=c2s/c(=C\c3cc(Br)cc(Br)c3O)c(=O)n2[C@H]1c1ccc(OC)cc1. The molecule has 5 rings (SSSR count). The normalized spacial score (nSPS) is 15.1. The summed E-state index contributed by atoms with van der Waals surface area (Å²) in [5, 5.41) is 10.6. The van der Waals surface area contributed by atoms with E-state index in [1.165, 1.54) is 15.9 Å². The first kappa shape index (κ1) is 27.1. The second-order valence-electron chi connectivity index (χ2n) is 8.53. The third-order valence-electron chi connectivity index (χ3n) is 6.15. The summed E-state index contributed by atoms with van der Waals surface area (Å²) in [5.74, 6) is 0.100. The zero-order valence-electron chi connectivity index (χ0n) is 20.9. The van der Waals surface area contributed by atoms with Crippen molar-refractivity contribution in [2.24, 2.45) is 4.99 Å². The molecule has 1 atom stereocenters. The van der Waals surface area contributed by atoms with Crippen LogP contribution in [0.2, 0.25) is 0 Å². The number of hydrogen-bond acceptors (Lipinski definition) is 7. The summed E-state index contributed by atoms with van der Waals surface area (Å²) in [6.07, 6.45) is 1.62. The maximum atomic E-state index is 14.0. The van der Waals surface area contributed by atoms with Gasteiger partial charge in [-0.15, -0.1) is 0 Å². The van der Waals surface area contributed by atoms with Crippen LogP contribution in [0.4, 0.5) is 0 Å². The van der Waals surface area contributed by atoms with Crippen LogP contribution >= 0.6 is 43.2 Å². The van der Waals surface area contributed by atoms with Crippen LogP contribution in [0, 0.1) is 0 Å². The van der Waals surface area contributed by atoms with Crippen LogP contribution in [0.25, 0.3) is 11.8 Å². The number of phenolic OH excluding ortho intramolecular Hbond substituents is 1. The second kappa shape index (κ2) is 11.3. The molecular weight excluding hydrogens is 648 g/mol. The summed E-state index contributed by atoms with van der Waals surface area (Å²) < 4.78 is 13.9. The number of hydrogen-bond donors (Lipinski definition) is 1. The molecule has 3 aromatic carbocycles. The molecule has 0 unspecified atom stereocenters. The molecule has 0 spiro atoms. The Hall–Kier alpha value is -3.47. The Labute approximate surface area is 244 Å². The number of methoxy groups -OCH3 is 1. The average molecular weight is 670 g/mol. The lowest BCUT2D eigenvalue weighted by molar-refractivity contribution is -0.138. The summed E-state index contributed by atoms with van der Waals surface area (Å²) in [7, 11) is 1.57. The number of rotatable bonds is 6. The van der Waals surface area contributed by atoms with Crippen LogP contribution in [0.5, 0.6) is 11.5 Å². The van der Waals surface area contributed by atoms with Crippen molar-refractivity contribution in [2.45, 2.75) is 13.0 Å². The summed E-state index contributed by atoms with van der Waals surface area (Å²) in [6, 6.07) is 19.2. The van der Waals surface area contributed by atoms with Crippen molar-refractivity contribution in [1.82, 2.24) is 4.57 Å². The van der Waals surface area contributed by atoms with E-state index in [0.717, 1.165) is 10.0 Å². The smallest absolute Gasteiger partial charge is 0.338 e. The first-order valence-electron chi connectivity index (χ1n) is 11.9. The molecule has 7 nitrogen and oxygen atoms in total. The molecule has 0 fully saturated rings. The Balaban J connectivity index is 1.84. The second-order valence-corrected chi connectivity index (χ2v) is 11.3. The molecule has 198 valence electrons. The zero-order valence-corrected chi connectivity index (χ0v) is 24.8. The van der Waals surface area contributed by atoms with Gasteiger partial charge in [0.1, 0.15) is 11.5 Å². The molecule has 0 amide bonds. The van der Waals surface area contributed by atoms with Crippen molar-refractivity contribution >= 4 is 60.9 Å². The van der Waals surface area contributed by atoms with Crippen molar-refractivity contribution in [3.05, 3.63) is 118 Å². The minimum atomic E-state index is -0.800. The standard InChI is InChI=1S/C29H22Br2N2O5S/c1-3-38-28(36)23-24(16-7-5-4-6-8-16)32-29-33(25(23)17-9-11-20(37-2)12-10-17)27(35)22(39-29)14-18-13-19(30)15-21(31)26(18)34/h4-15,25,34H,3H2,1-2H3/b22-14-/t25-/m0/s1. The predicted octanol–water partition coefficient (Wildman–Crippen LogP) is 5.17. The fraction of sp³-hybridized carbons (Fsp3) is 0.138. The van der Waals surface area contributed by atoms with Gasteiger partial charge in [-0.25, -0.2) is 9.79 Å². The Morgan fingerprint density at radius 1 is 1.13 bits per heavy atom. The first-order chi connectivity index (χ1) is 18.8. The molecule has 0 saturated heterocycles. The average Bonchev–Trinajstić information content (AvgIpc) is 3.25. The number of ether oxygens (including phenoxy) is 2. The Morgan fingerprint density at radius 3 is 2.51 bits per heavy atom. The van der Waals surface area contributed by atoms with Gasteiger partial charge >= 0.3 is 5.97 Å². The highest BCUT2D eigenvalue weighted by atomic mass is 79.9. The van der Waals surface area contributed by atoms with E-state index in [1.54, 1.807) is 44.4 Å². The summed E-state index contributed by atoms with van der Waals surface area (Å²) in [4.78, 5) is 32.7. The summed E-state index contributed by atoms with van der Waals surface area (Å²) >= 11 is 7.96. The van der Waals surface area contributed by atoms with Crippen molar-refractivity contribution in [3.8, 4) is 11.5 Å². The number of carbonyl (C=O) groups excluding carboxylic acids is 1. The predicted molar refractivity (Wildman–Crippen MR) is 158 cm³/mol. The minimum absolute atomic E-state index is 0.00734. The summed E-state index contributed by atoms with van der Waals surface area (Å²) in [6.45, 7) is 1.90. The molecule has 1 aromatic heterocycles. The molecule has 0 bridgehead atoms. The number of fused-ring (bicyclic) bond motifs is 1. The van der Waals surface area contributed by atoms with Crippen molar-refractivity contribution in [3.63, 3.8) is 0 Å². The fourth-order valence-electron chi connectivity index (χ4n) is 4.38. The highest BCUT2D eigenvalue weighted by Crippen LogP contribution is 2.36. The van der Waals surface area contributed by atoms with E-state index >= 15 is 0 Å². The van der Waals surface area contributed by atoms with E-state index in [0.29, 0.717) is 36.4 Å². The van der Waals surface area contributed by atoms with Gasteiger partial charge in [0.05, 0.1) is 40.0 Å². The molecular formula is C29H22Br2N2O5S. The van der Waals surface area contributed by atoms with Gasteiger partial charge in [-0.05, 0) is 58.8 Å². The lowest BCUT2D eigenvalue weighted by Gasteiger charge is -2.26. The lowest BCUT2D eigenvalue weighted by Crippen LogP contribution is -2.40. The maximum absolute atomic E-state index is 14.0. The topological polar surface area (TPSA) is 90.1 Å². The number of nitrogens with zero attached hydrogens (tertiary/aromatic N) is 2. The van der Waals surface area contributed by atoms with Gasteiger partial charge in [0.25, 0.3) is 5.56 Å². The number of halogens is 2. The van der Waals surface area contributed by atoms with Gasteiger partial charge in [0.15, 0.2) is 4.80 Å². The molecule has 4 aromatic rings. The van der Waals surface area contributed by atoms with Gasteiger partial charge in [0, 0.05) is 15.6 Å². The molecule has 0 saturated carbocycles. The Morgan fingerprint density at radius 2 is 1.85 bits per heavy atom. The maximum Gasteiger partial charge on any atom is 0.338 e. The van der Waals surface area contributed by atoms with Gasteiger partial charge in [-0.2, -0.15) is 0 Å². The third kappa shape index (κ3) is 5.24. The van der Waals surface area contributed by atoms with Crippen molar-refractivity contribution < 1.29 is 19.4 Å². The van der Waals surface area contributed by atoms with E-state index in [-0.39, 0.29) is 23.5 Å². The molecule has 2 heterocycles. The summed E-state index contributed by atoms with van der Waals surface area (Å²) in [5.41, 5.74) is 2.24. The van der Waals surface area contributed by atoms with Gasteiger partial charge in [0.2, 0.25) is 0 Å². The van der Waals surface area contributed by atoms with E-state index in [4.69, 9.17) is 14.5 Å². The number of aromatic nitrogens is 1. The zero-order chi connectivity index (χ0) is 27.7. The molecule has 10 heteroatoms. The van der Waals surface area contributed by atoms with Gasteiger partial charge in [-0.3, -0.25) is 9.36 Å². The lowest BCUT2D eigenvalue weighted by atomic mass is 9.93. The van der Waals surface area contributed by atoms with E-state index in [1.807, 2.05) is 42.5 Å². The van der Waals surface area contributed by atoms with Gasteiger partial charge < -0.3 is 14.6 Å². The minimum Gasteiger partial charge on any atom is -0.506 e. The van der Waals surface area contributed by atoms with Crippen LogP contribution in [0.1, 0.15) is 29.7 Å². The van der Waals surface area contributed by atoms with Crippen molar-refractivity contribution in [1.29, 1.82) is 0 Å². The third-order valence-corrected chi connectivity index (χ3v) is 8.19. The van der Waals surface area contributed by atoms with Gasteiger partial charge in [-0.1, -0.05) is 69.7 Å². The van der Waals surface area contributed by atoms with E-state index in [2.05, 4.69) is 31.9 Å². The molecule has 1 aliphatic rings. The molecule has 1 aliphatic heterocycles. The van der Waals surface area contributed by atoms with Crippen LogP contribution < -0.4 is 19.6 Å². The Kier molecular flexibility index (Phi) is 7.88. The highest BCUT2D eigenvalue weighted by molar-refractivity contribution is 9.11. The van der Waals surface area contributed by atoms with Crippen LogP contribution in [-0.2, 0) is 9.53 Å². The number of thiazole rings is 1. The Bertz CT molecular complexity index is 1780.